The number of fused-ring (bicyclic) bond motifs is 1. The Morgan fingerprint density at radius 1 is 1.22 bits per heavy atom. The van der Waals surface area contributed by atoms with Gasteiger partial charge in [-0.25, -0.2) is 0 Å². The Bertz CT molecular complexity index is 595. The van der Waals surface area contributed by atoms with Gasteiger partial charge < -0.3 is 19.1 Å². The van der Waals surface area contributed by atoms with Gasteiger partial charge in [0.1, 0.15) is 0 Å². The molecule has 6 heteroatoms. The molecular formula is C17H21NO5. The number of hydrogen-bond donors (Lipinski definition) is 0. The van der Waals surface area contributed by atoms with Crippen molar-refractivity contribution in [3.05, 3.63) is 23.8 Å². The van der Waals surface area contributed by atoms with Crippen molar-refractivity contribution in [1.29, 1.82) is 0 Å². The number of hydrogen-bond acceptors (Lipinski definition) is 5. The zero-order valence-electron chi connectivity index (χ0n) is 13.2. The van der Waals surface area contributed by atoms with Gasteiger partial charge in [0.2, 0.25) is 6.79 Å². The first-order valence-electron chi connectivity index (χ1n) is 7.96. The van der Waals surface area contributed by atoms with Crippen LogP contribution in [-0.2, 0) is 9.53 Å². The lowest BCUT2D eigenvalue weighted by Gasteiger charge is -2.29. The summed E-state index contributed by atoms with van der Waals surface area (Å²) in [6.07, 6.45) is 4.42. The summed E-state index contributed by atoms with van der Waals surface area (Å²) in [6.45, 7) is 0.562. The molecule has 1 amide bonds. The van der Waals surface area contributed by atoms with Crippen LogP contribution >= 0.6 is 0 Å². The first kappa shape index (κ1) is 15.6. The third-order valence-electron chi connectivity index (χ3n) is 4.43. The molecule has 1 aliphatic carbocycles. The van der Waals surface area contributed by atoms with E-state index in [0.717, 1.165) is 25.7 Å². The Labute approximate surface area is 135 Å². The Morgan fingerprint density at radius 2 is 1.96 bits per heavy atom. The molecule has 2 aliphatic rings. The number of esters is 1. The highest BCUT2D eigenvalue weighted by Gasteiger charge is 2.28. The van der Waals surface area contributed by atoms with E-state index in [1.807, 2.05) is 0 Å². The summed E-state index contributed by atoms with van der Waals surface area (Å²) in [5.41, 5.74) is 0.561. The average molecular weight is 319 g/mol. The molecule has 0 aromatic heterocycles. The second-order valence-corrected chi connectivity index (χ2v) is 5.83. The van der Waals surface area contributed by atoms with E-state index in [-0.39, 0.29) is 31.1 Å². The highest BCUT2D eigenvalue weighted by Crippen LogP contribution is 2.33. The number of carbonyl (C=O) groups is 2. The number of methoxy groups -OCH3 is 1. The topological polar surface area (TPSA) is 65.1 Å². The number of rotatable bonds is 5. The number of nitrogens with zero attached hydrogens (tertiary/aromatic N) is 1. The highest BCUT2D eigenvalue weighted by atomic mass is 16.7. The maximum Gasteiger partial charge on any atom is 0.307 e. The summed E-state index contributed by atoms with van der Waals surface area (Å²) in [4.78, 5) is 26.2. The number of carbonyl (C=O) groups excluding carboxylic acids is 2. The van der Waals surface area contributed by atoms with E-state index >= 15 is 0 Å². The van der Waals surface area contributed by atoms with E-state index in [1.165, 1.54) is 7.11 Å². The highest BCUT2D eigenvalue weighted by molar-refractivity contribution is 5.95. The van der Waals surface area contributed by atoms with Crippen molar-refractivity contribution in [2.24, 2.45) is 0 Å². The van der Waals surface area contributed by atoms with E-state index < -0.39 is 0 Å². The molecular weight excluding hydrogens is 298 g/mol. The van der Waals surface area contributed by atoms with Gasteiger partial charge in [-0.1, -0.05) is 12.8 Å². The van der Waals surface area contributed by atoms with Gasteiger partial charge in [-0.15, -0.1) is 0 Å². The van der Waals surface area contributed by atoms with Crippen LogP contribution in [0.3, 0.4) is 0 Å². The van der Waals surface area contributed by atoms with Gasteiger partial charge >= 0.3 is 5.97 Å². The predicted molar refractivity (Wildman–Crippen MR) is 82.5 cm³/mol. The van der Waals surface area contributed by atoms with Crippen molar-refractivity contribution < 1.29 is 23.8 Å². The quantitative estimate of drug-likeness (QED) is 0.780. The maximum absolute atomic E-state index is 12.9. The third kappa shape index (κ3) is 3.41. The molecule has 1 aromatic carbocycles. The molecule has 0 spiro atoms. The summed E-state index contributed by atoms with van der Waals surface area (Å²) in [5, 5.41) is 0. The Balaban J connectivity index is 1.77. The van der Waals surface area contributed by atoms with Crippen molar-refractivity contribution in [3.8, 4) is 11.5 Å². The van der Waals surface area contributed by atoms with Crippen LogP contribution in [0.2, 0.25) is 0 Å². The molecule has 1 aromatic rings. The van der Waals surface area contributed by atoms with Gasteiger partial charge in [-0.05, 0) is 31.0 Å². The minimum absolute atomic E-state index is 0.0703. The molecule has 0 atom stereocenters. The van der Waals surface area contributed by atoms with Gasteiger partial charge in [-0.3, -0.25) is 9.59 Å². The molecule has 0 bridgehead atoms. The molecule has 0 radical (unpaired) electrons. The van der Waals surface area contributed by atoms with Gasteiger partial charge in [0.05, 0.1) is 13.5 Å². The fourth-order valence-corrected chi connectivity index (χ4v) is 3.18. The van der Waals surface area contributed by atoms with E-state index in [4.69, 9.17) is 14.2 Å². The van der Waals surface area contributed by atoms with Gasteiger partial charge in [0, 0.05) is 18.2 Å². The molecule has 1 heterocycles. The molecule has 1 saturated carbocycles. The van der Waals surface area contributed by atoms with Gasteiger partial charge in [0.25, 0.3) is 5.91 Å². The Hall–Kier alpha value is -2.24. The largest absolute Gasteiger partial charge is 0.469 e. The molecule has 23 heavy (non-hydrogen) atoms. The van der Waals surface area contributed by atoms with E-state index in [0.29, 0.717) is 23.6 Å². The van der Waals surface area contributed by atoms with Crippen molar-refractivity contribution >= 4 is 11.9 Å². The normalized spacial score (nSPS) is 16.4. The zero-order chi connectivity index (χ0) is 16.2. The lowest BCUT2D eigenvalue weighted by molar-refractivity contribution is -0.140. The standard InChI is InChI=1S/C17H21NO5/c1-21-16(19)8-9-18(13-4-2-3-5-13)17(20)12-6-7-14-15(10-12)23-11-22-14/h6-7,10,13H,2-5,8-9,11H2,1H3. The average Bonchev–Trinajstić information content (AvgIpc) is 3.25. The van der Waals surface area contributed by atoms with Crippen molar-refractivity contribution in [2.75, 3.05) is 20.4 Å². The minimum Gasteiger partial charge on any atom is -0.469 e. The lowest BCUT2D eigenvalue weighted by atomic mass is 10.1. The van der Waals surface area contributed by atoms with Crippen LogP contribution in [-0.4, -0.2) is 43.3 Å². The van der Waals surface area contributed by atoms with Gasteiger partial charge in [0.15, 0.2) is 11.5 Å². The van der Waals surface area contributed by atoms with Gasteiger partial charge in [-0.2, -0.15) is 0 Å². The zero-order valence-corrected chi connectivity index (χ0v) is 13.2. The maximum atomic E-state index is 12.9. The number of amides is 1. The third-order valence-corrected chi connectivity index (χ3v) is 4.43. The summed E-state index contributed by atoms with van der Waals surface area (Å²) in [5.74, 6) is 0.879. The predicted octanol–water partition coefficient (Wildman–Crippen LogP) is 2.36. The van der Waals surface area contributed by atoms with Crippen molar-refractivity contribution in [2.45, 2.75) is 38.1 Å². The summed E-state index contributed by atoms with van der Waals surface area (Å²) >= 11 is 0. The van der Waals surface area contributed by atoms with Crippen LogP contribution in [0.25, 0.3) is 0 Å². The summed E-state index contributed by atoms with van der Waals surface area (Å²) < 4.78 is 15.3. The molecule has 3 rings (SSSR count). The fraction of sp³-hybridized carbons (Fsp3) is 0.529. The van der Waals surface area contributed by atoms with Crippen LogP contribution in [0, 0.1) is 0 Å². The first-order valence-corrected chi connectivity index (χ1v) is 7.96. The van der Waals surface area contributed by atoms with E-state index in [1.54, 1.807) is 23.1 Å². The SMILES string of the molecule is COC(=O)CCN(C(=O)c1ccc2c(c1)OCO2)C1CCCC1. The Morgan fingerprint density at radius 3 is 2.70 bits per heavy atom. The number of ether oxygens (including phenoxy) is 3. The molecule has 0 saturated heterocycles. The molecule has 6 nitrogen and oxygen atoms in total. The van der Waals surface area contributed by atoms with E-state index in [9.17, 15) is 9.59 Å². The Kier molecular flexibility index (Phi) is 4.69. The molecule has 124 valence electrons. The summed E-state index contributed by atoms with van der Waals surface area (Å²) in [6, 6.07) is 5.40. The monoisotopic (exact) mass is 319 g/mol. The lowest BCUT2D eigenvalue weighted by Crippen LogP contribution is -2.40. The smallest absolute Gasteiger partial charge is 0.307 e. The van der Waals surface area contributed by atoms with Crippen LogP contribution in [0.15, 0.2) is 18.2 Å². The minimum atomic E-state index is -0.300. The second kappa shape index (κ2) is 6.89. The van der Waals surface area contributed by atoms with Crippen LogP contribution in [0.1, 0.15) is 42.5 Å². The molecule has 0 unspecified atom stereocenters. The molecule has 1 fully saturated rings. The second-order valence-electron chi connectivity index (χ2n) is 5.83. The van der Waals surface area contributed by atoms with Crippen LogP contribution < -0.4 is 9.47 Å². The number of benzene rings is 1. The van der Waals surface area contributed by atoms with E-state index in [2.05, 4.69) is 0 Å². The summed E-state index contributed by atoms with van der Waals surface area (Å²) in [7, 11) is 1.36. The van der Waals surface area contributed by atoms with Crippen molar-refractivity contribution in [3.63, 3.8) is 0 Å². The van der Waals surface area contributed by atoms with Crippen molar-refractivity contribution in [1.82, 2.24) is 4.90 Å². The first-order chi connectivity index (χ1) is 11.2. The molecule has 1 aliphatic heterocycles. The van der Waals surface area contributed by atoms with Crippen LogP contribution in [0.4, 0.5) is 0 Å². The molecule has 0 N–H and O–H groups in total. The fourth-order valence-electron chi connectivity index (χ4n) is 3.18. The van der Waals surface area contributed by atoms with Crippen LogP contribution in [0.5, 0.6) is 11.5 Å².